The van der Waals surface area contributed by atoms with E-state index >= 15 is 0 Å². The number of aromatic amines is 2. The summed E-state index contributed by atoms with van der Waals surface area (Å²) in [5.74, 6) is 1.67. The van der Waals surface area contributed by atoms with Gasteiger partial charge in [0.25, 0.3) is 5.56 Å². The number of nitrogens with zero attached hydrogens (tertiary/aromatic N) is 3. The van der Waals surface area contributed by atoms with Crippen LogP contribution >= 0.6 is 0 Å². The van der Waals surface area contributed by atoms with Crippen LogP contribution in [0.15, 0.2) is 89.2 Å². The van der Waals surface area contributed by atoms with Crippen molar-refractivity contribution in [3.8, 4) is 28.3 Å². The first kappa shape index (κ1) is 25.4. The maximum atomic E-state index is 11.4. The fraction of sp³-hybridized carbons (Fsp3) is 0.138. The molecule has 1 aliphatic rings. The van der Waals surface area contributed by atoms with Gasteiger partial charge in [-0.05, 0) is 60.2 Å². The molecule has 1 unspecified atom stereocenters. The first-order chi connectivity index (χ1) is 18.9. The number of hydrazone groups is 1. The number of ether oxygens (including phenoxy) is 1. The van der Waals surface area contributed by atoms with Crippen molar-refractivity contribution in [3.05, 3.63) is 95.2 Å². The van der Waals surface area contributed by atoms with Gasteiger partial charge in [0.1, 0.15) is 11.6 Å². The number of imidazole rings is 1. The minimum atomic E-state index is -0.261. The van der Waals surface area contributed by atoms with Crippen molar-refractivity contribution < 1.29 is 9.53 Å². The molecule has 10 nitrogen and oxygen atoms in total. The molecule has 1 amide bonds. The van der Waals surface area contributed by atoms with Gasteiger partial charge in [-0.25, -0.2) is 10.4 Å². The summed E-state index contributed by atoms with van der Waals surface area (Å²) in [4.78, 5) is 36.9. The Bertz CT molecular complexity index is 1710. The van der Waals surface area contributed by atoms with Gasteiger partial charge in [-0.1, -0.05) is 13.0 Å². The van der Waals surface area contributed by atoms with Gasteiger partial charge in [-0.2, -0.15) is 5.10 Å². The molecule has 5 N–H and O–H groups in total. The topological polar surface area (TPSA) is 151 Å². The number of amides is 1. The van der Waals surface area contributed by atoms with Crippen LogP contribution in [0.3, 0.4) is 0 Å². The number of benzene rings is 2. The number of fused-ring (bicyclic) bond motifs is 1. The number of carbonyl (C=O) groups excluding carboxylic acids is 1. The van der Waals surface area contributed by atoms with E-state index in [-0.39, 0.29) is 23.1 Å². The molecule has 1 atom stereocenters. The minimum absolute atomic E-state index is 0.0411. The minimum Gasteiger partial charge on any atom is -0.497 e. The molecule has 4 heterocycles. The Morgan fingerprint density at radius 3 is 2.36 bits per heavy atom. The fourth-order valence-electron chi connectivity index (χ4n) is 4.27. The molecule has 0 aliphatic carbocycles. The van der Waals surface area contributed by atoms with E-state index in [2.05, 4.69) is 30.5 Å². The van der Waals surface area contributed by atoms with E-state index in [0.29, 0.717) is 6.42 Å². The van der Waals surface area contributed by atoms with Gasteiger partial charge >= 0.3 is 0 Å². The first-order valence-electron chi connectivity index (χ1n) is 12.3. The standard InChI is InChI=1S/C19H18N4O2.C10H9N3O/c1-11-9-17(24)22-23-18(11)13-5-8-15-16(10-13)21-19(20-15)12-3-6-14(25-2)7-4-12;11-9-5-8(6-13-10(9)14)7-1-3-12-4-2-7/h3-8,10-11H,9H2,1-2H3,(H,20,21)(H,22,24);1-6H,11H2,(H,13,14). The summed E-state index contributed by atoms with van der Waals surface area (Å²) < 4.78 is 5.19. The van der Waals surface area contributed by atoms with Gasteiger partial charge in [0.05, 0.1) is 29.5 Å². The molecule has 0 saturated heterocycles. The second-order valence-electron chi connectivity index (χ2n) is 9.09. The molecule has 0 saturated carbocycles. The quantitative estimate of drug-likeness (QED) is 0.279. The highest BCUT2D eigenvalue weighted by atomic mass is 16.5. The van der Waals surface area contributed by atoms with Gasteiger partial charge in [0, 0.05) is 47.6 Å². The number of hydrogen-bond acceptors (Lipinski definition) is 7. The maximum Gasteiger partial charge on any atom is 0.271 e. The molecule has 0 bridgehead atoms. The van der Waals surface area contributed by atoms with Crippen LogP contribution in [0, 0.1) is 5.92 Å². The number of nitrogens with two attached hydrogens (primary N) is 1. The SMILES string of the molecule is COc1ccc(-c2nc3ccc(C4=NNC(=O)CC4C)cc3[nH]2)cc1.Nc1cc(-c2ccncc2)c[nH]c1=O. The number of H-pyrrole nitrogens is 2. The van der Waals surface area contributed by atoms with Gasteiger partial charge in [0.15, 0.2) is 0 Å². The summed E-state index contributed by atoms with van der Waals surface area (Å²) in [6.07, 6.45) is 5.47. The lowest BCUT2D eigenvalue weighted by Crippen LogP contribution is -2.31. The molecule has 0 radical (unpaired) electrons. The van der Waals surface area contributed by atoms with Crippen LogP contribution in [0.5, 0.6) is 5.75 Å². The molecule has 39 heavy (non-hydrogen) atoms. The average molecular weight is 522 g/mol. The number of pyridine rings is 2. The number of aromatic nitrogens is 4. The molecule has 0 fully saturated rings. The zero-order valence-corrected chi connectivity index (χ0v) is 21.4. The highest BCUT2D eigenvalue weighted by molar-refractivity contribution is 6.07. The van der Waals surface area contributed by atoms with Crippen molar-refractivity contribution in [2.45, 2.75) is 13.3 Å². The summed E-state index contributed by atoms with van der Waals surface area (Å²) in [6.45, 7) is 2.01. The largest absolute Gasteiger partial charge is 0.497 e. The summed E-state index contributed by atoms with van der Waals surface area (Å²) in [5.41, 5.74) is 14.6. The van der Waals surface area contributed by atoms with Crippen molar-refractivity contribution >= 4 is 28.3 Å². The Morgan fingerprint density at radius 2 is 1.67 bits per heavy atom. The summed E-state index contributed by atoms with van der Waals surface area (Å²) >= 11 is 0. The molecule has 10 heteroatoms. The highest BCUT2D eigenvalue weighted by Crippen LogP contribution is 2.25. The van der Waals surface area contributed by atoms with Crippen molar-refractivity contribution in [2.24, 2.45) is 11.0 Å². The summed E-state index contributed by atoms with van der Waals surface area (Å²) in [6, 6.07) is 19.1. The van der Waals surface area contributed by atoms with Crippen LogP contribution in [0.1, 0.15) is 18.9 Å². The Kier molecular flexibility index (Phi) is 7.17. The number of methoxy groups -OCH3 is 1. The molecular weight excluding hydrogens is 494 g/mol. The first-order valence-corrected chi connectivity index (χ1v) is 12.3. The smallest absolute Gasteiger partial charge is 0.271 e. The third kappa shape index (κ3) is 5.69. The van der Waals surface area contributed by atoms with E-state index in [0.717, 1.165) is 50.6 Å². The fourth-order valence-corrected chi connectivity index (χ4v) is 4.27. The van der Waals surface area contributed by atoms with Crippen LogP contribution in [-0.2, 0) is 4.79 Å². The molecule has 2 aromatic carbocycles. The molecule has 6 rings (SSSR count). The number of rotatable bonds is 4. The molecule has 196 valence electrons. The van der Waals surface area contributed by atoms with Crippen LogP contribution in [0.25, 0.3) is 33.5 Å². The number of hydrogen-bond donors (Lipinski definition) is 4. The van der Waals surface area contributed by atoms with Crippen molar-refractivity contribution in [1.82, 2.24) is 25.4 Å². The Balaban J connectivity index is 0.000000186. The zero-order chi connectivity index (χ0) is 27.4. The predicted molar refractivity (Wildman–Crippen MR) is 151 cm³/mol. The normalized spacial score (nSPS) is 14.7. The lowest BCUT2D eigenvalue weighted by molar-refractivity contribution is -0.121. The van der Waals surface area contributed by atoms with Gasteiger partial charge < -0.3 is 20.4 Å². The average Bonchev–Trinajstić information content (AvgIpc) is 3.39. The summed E-state index contributed by atoms with van der Waals surface area (Å²) in [5, 5.41) is 4.22. The third-order valence-electron chi connectivity index (χ3n) is 6.35. The second kappa shape index (κ2) is 11.0. The summed E-state index contributed by atoms with van der Waals surface area (Å²) in [7, 11) is 1.65. The number of nitrogen functional groups attached to an aromatic ring is 1. The van der Waals surface area contributed by atoms with Crippen molar-refractivity contribution in [1.29, 1.82) is 0 Å². The maximum absolute atomic E-state index is 11.4. The molecule has 0 spiro atoms. The number of anilines is 1. The molecule has 5 aromatic rings. The van der Waals surface area contributed by atoms with E-state index in [1.54, 1.807) is 31.8 Å². The van der Waals surface area contributed by atoms with E-state index in [1.165, 1.54) is 0 Å². The van der Waals surface area contributed by atoms with Crippen LogP contribution in [-0.4, -0.2) is 38.7 Å². The predicted octanol–water partition coefficient (Wildman–Crippen LogP) is 4.12. The number of nitrogens with one attached hydrogen (secondary N) is 3. The Labute approximate surface area is 224 Å². The van der Waals surface area contributed by atoms with Crippen LogP contribution in [0.2, 0.25) is 0 Å². The van der Waals surface area contributed by atoms with Gasteiger partial charge in [-0.15, -0.1) is 0 Å². The lowest BCUT2D eigenvalue weighted by atomic mass is 9.94. The highest BCUT2D eigenvalue weighted by Gasteiger charge is 2.22. The van der Waals surface area contributed by atoms with Gasteiger partial charge in [-0.3, -0.25) is 14.6 Å². The van der Waals surface area contributed by atoms with E-state index in [1.807, 2.05) is 61.5 Å². The second-order valence-corrected chi connectivity index (χ2v) is 9.09. The van der Waals surface area contributed by atoms with Crippen LogP contribution in [0.4, 0.5) is 5.69 Å². The van der Waals surface area contributed by atoms with Gasteiger partial charge in [0.2, 0.25) is 5.91 Å². The van der Waals surface area contributed by atoms with Crippen LogP contribution < -0.4 is 21.5 Å². The zero-order valence-electron chi connectivity index (χ0n) is 21.4. The van der Waals surface area contributed by atoms with E-state index < -0.39 is 0 Å². The number of carbonyl (C=O) groups is 1. The molecule has 1 aliphatic heterocycles. The monoisotopic (exact) mass is 521 g/mol. The Morgan fingerprint density at radius 1 is 0.923 bits per heavy atom. The lowest BCUT2D eigenvalue weighted by Gasteiger charge is -2.18. The van der Waals surface area contributed by atoms with E-state index in [4.69, 9.17) is 10.5 Å². The molecular formula is C29H27N7O3. The van der Waals surface area contributed by atoms with Crippen molar-refractivity contribution in [2.75, 3.05) is 12.8 Å². The third-order valence-corrected chi connectivity index (χ3v) is 6.35. The van der Waals surface area contributed by atoms with Crippen molar-refractivity contribution in [3.63, 3.8) is 0 Å². The molecule has 3 aromatic heterocycles. The van der Waals surface area contributed by atoms with E-state index in [9.17, 15) is 9.59 Å². The Hall–Kier alpha value is -5.25.